The highest BCUT2D eigenvalue weighted by atomic mass is 16.5. The van der Waals surface area contributed by atoms with E-state index in [0.717, 1.165) is 32.0 Å². The molecule has 1 unspecified atom stereocenters. The summed E-state index contributed by atoms with van der Waals surface area (Å²) in [5.74, 6) is 0.890. The lowest BCUT2D eigenvalue weighted by Gasteiger charge is -2.36. The standard InChI is InChI=1S/C12H18N4O/c1-2-9-8-17-7-6-16(9)11-5-3-4-10(15-11)12(13)14/h3-5,9H,2,6-8H2,1H3,(H3,13,14). The van der Waals surface area contributed by atoms with Crippen molar-refractivity contribution in [2.45, 2.75) is 19.4 Å². The number of amidine groups is 1. The van der Waals surface area contributed by atoms with Gasteiger partial charge in [0.15, 0.2) is 0 Å². The van der Waals surface area contributed by atoms with Crippen molar-refractivity contribution in [3.05, 3.63) is 23.9 Å². The first-order chi connectivity index (χ1) is 8.22. The van der Waals surface area contributed by atoms with Gasteiger partial charge in [0.2, 0.25) is 0 Å². The van der Waals surface area contributed by atoms with Crippen LogP contribution < -0.4 is 10.6 Å². The highest BCUT2D eigenvalue weighted by molar-refractivity contribution is 5.93. The van der Waals surface area contributed by atoms with Crippen molar-refractivity contribution >= 4 is 11.7 Å². The zero-order valence-corrected chi connectivity index (χ0v) is 10.0. The van der Waals surface area contributed by atoms with Gasteiger partial charge in [0.05, 0.1) is 19.3 Å². The summed E-state index contributed by atoms with van der Waals surface area (Å²) in [5, 5.41) is 7.41. The van der Waals surface area contributed by atoms with E-state index >= 15 is 0 Å². The minimum absolute atomic E-state index is 0.00755. The Balaban J connectivity index is 2.25. The summed E-state index contributed by atoms with van der Waals surface area (Å²) in [6, 6.07) is 5.97. The molecule has 2 heterocycles. The molecule has 1 aromatic heterocycles. The number of morpholine rings is 1. The number of ether oxygens (including phenoxy) is 1. The van der Waals surface area contributed by atoms with Crippen molar-refractivity contribution in [1.82, 2.24) is 4.98 Å². The number of hydrogen-bond acceptors (Lipinski definition) is 4. The number of hydrogen-bond donors (Lipinski definition) is 2. The minimum atomic E-state index is 0.00755. The molecule has 1 aliphatic rings. The van der Waals surface area contributed by atoms with Gasteiger partial charge < -0.3 is 15.4 Å². The first-order valence-electron chi connectivity index (χ1n) is 5.88. The zero-order chi connectivity index (χ0) is 12.3. The van der Waals surface area contributed by atoms with Gasteiger partial charge in [-0.25, -0.2) is 4.98 Å². The monoisotopic (exact) mass is 234 g/mol. The fourth-order valence-electron chi connectivity index (χ4n) is 2.03. The Hall–Kier alpha value is -1.62. The molecule has 0 saturated carbocycles. The van der Waals surface area contributed by atoms with Gasteiger partial charge >= 0.3 is 0 Å². The molecule has 2 rings (SSSR count). The number of pyridine rings is 1. The summed E-state index contributed by atoms with van der Waals surface area (Å²) in [5.41, 5.74) is 5.99. The van der Waals surface area contributed by atoms with Crippen molar-refractivity contribution in [1.29, 1.82) is 5.41 Å². The van der Waals surface area contributed by atoms with E-state index in [2.05, 4.69) is 16.8 Å². The van der Waals surface area contributed by atoms with Crippen LogP contribution in [0.25, 0.3) is 0 Å². The van der Waals surface area contributed by atoms with Gasteiger partial charge in [0, 0.05) is 6.54 Å². The number of nitrogens with two attached hydrogens (primary N) is 1. The molecule has 0 radical (unpaired) electrons. The van der Waals surface area contributed by atoms with Gasteiger partial charge in [-0.15, -0.1) is 0 Å². The fraction of sp³-hybridized carbons (Fsp3) is 0.500. The van der Waals surface area contributed by atoms with E-state index in [1.807, 2.05) is 12.1 Å². The van der Waals surface area contributed by atoms with Crippen molar-refractivity contribution in [3.8, 4) is 0 Å². The number of nitrogens with zero attached hydrogens (tertiary/aromatic N) is 2. The van der Waals surface area contributed by atoms with E-state index in [4.69, 9.17) is 15.9 Å². The Morgan fingerprint density at radius 1 is 1.65 bits per heavy atom. The van der Waals surface area contributed by atoms with Crippen LogP contribution >= 0.6 is 0 Å². The van der Waals surface area contributed by atoms with Crippen LogP contribution in [0.2, 0.25) is 0 Å². The largest absolute Gasteiger partial charge is 0.382 e. The molecule has 0 spiro atoms. The predicted octanol–water partition coefficient (Wildman–Crippen LogP) is 0.981. The van der Waals surface area contributed by atoms with E-state index in [1.54, 1.807) is 6.07 Å². The molecule has 3 N–H and O–H groups in total. The second kappa shape index (κ2) is 5.14. The lowest BCUT2D eigenvalue weighted by atomic mass is 10.1. The number of anilines is 1. The fourth-order valence-corrected chi connectivity index (χ4v) is 2.03. The van der Waals surface area contributed by atoms with Crippen LogP contribution in [0.15, 0.2) is 18.2 Å². The van der Waals surface area contributed by atoms with E-state index < -0.39 is 0 Å². The molecule has 92 valence electrons. The quantitative estimate of drug-likeness (QED) is 0.604. The number of rotatable bonds is 3. The van der Waals surface area contributed by atoms with Crippen LogP contribution in [0, 0.1) is 5.41 Å². The number of nitrogen functional groups attached to an aromatic ring is 1. The highest BCUT2D eigenvalue weighted by Crippen LogP contribution is 2.19. The maximum Gasteiger partial charge on any atom is 0.141 e. The molecular formula is C12H18N4O. The van der Waals surface area contributed by atoms with Gasteiger partial charge in [0.1, 0.15) is 17.3 Å². The van der Waals surface area contributed by atoms with Crippen LogP contribution in [0.5, 0.6) is 0 Å². The zero-order valence-electron chi connectivity index (χ0n) is 10.0. The molecule has 1 fully saturated rings. The SMILES string of the molecule is CCC1COCCN1c1cccc(C(=N)N)n1. The molecular weight excluding hydrogens is 216 g/mol. The summed E-state index contributed by atoms with van der Waals surface area (Å²) < 4.78 is 5.47. The lowest BCUT2D eigenvalue weighted by molar-refractivity contribution is 0.0925. The summed E-state index contributed by atoms with van der Waals surface area (Å²) in [6.45, 7) is 4.44. The first kappa shape index (κ1) is 11.9. The summed E-state index contributed by atoms with van der Waals surface area (Å²) >= 11 is 0. The van der Waals surface area contributed by atoms with Crippen LogP contribution in [-0.2, 0) is 4.74 Å². The third kappa shape index (κ3) is 2.55. The van der Waals surface area contributed by atoms with Gasteiger partial charge in [-0.2, -0.15) is 0 Å². The molecule has 1 aromatic rings. The van der Waals surface area contributed by atoms with Gasteiger partial charge in [-0.05, 0) is 18.6 Å². The first-order valence-corrected chi connectivity index (χ1v) is 5.88. The summed E-state index contributed by atoms with van der Waals surface area (Å²) in [4.78, 5) is 6.65. The molecule has 17 heavy (non-hydrogen) atoms. The van der Waals surface area contributed by atoms with E-state index in [0.29, 0.717) is 11.7 Å². The maximum absolute atomic E-state index is 7.41. The average molecular weight is 234 g/mol. The second-order valence-corrected chi connectivity index (χ2v) is 4.13. The molecule has 1 saturated heterocycles. The maximum atomic E-state index is 7.41. The Labute approximate surface area is 101 Å². The highest BCUT2D eigenvalue weighted by Gasteiger charge is 2.22. The molecule has 1 aliphatic heterocycles. The normalized spacial score (nSPS) is 20.3. The Bertz CT molecular complexity index is 407. The second-order valence-electron chi connectivity index (χ2n) is 4.13. The molecule has 0 aliphatic carbocycles. The molecule has 0 amide bonds. The number of nitrogens with one attached hydrogen (secondary N) is 1. The molecule has 5 heteroatoms. The van der Waals surface area contributed by atoms with Crippen molar-refractivity contribution in [2.75, 3.05) is 24.7 Å². The molecule has 1 atom stereocenters. The molecule has 0 aromatic carbocycles. The summed E-state index contributed by atoms with van der Waals surface area (Å²) in [6.07, 6.45) is 1.02. The van der Waals surface area contributed by atoms with Crippen LogP contribution in [0.4, 0.5) is 5.82 Å². The smallest absolute Gasteiger partial charge is 0.141 e. The van der Waals surface area contributed by atoms with Crippen LogP contribution in [0.1, 0.15) is 19.0 Å². The Morgan fingerprint density at radius 3 is 3.18 bits per heavy atom. The topological polar surface area (TPSA) is 75.2 Å². The Morgan fingerprint density at radius 2 is 2.47 bits per heavy atom. The van der Waals surface area contributed by atoms with E-state index in [9.17, 15) is 0 Å². The average Bonchev–Trinajstić information content (AvgIpc) is 2.39. The molecule has 5 nitrogen and oxygen atoms in total. The van der Waals surface area contributed by atoms with E-state index in [1.165, 1.54) is 0 Å². The van der Waals surface area contributed by atoms with Crippen molar-refractivity contribution in [3.63, 3.8) is 0 Å². The van der Waals surface area contributed by atoms with Crippen molar-refractivity contribution in [2.24, 2.45) is 5.73 Å². The third-order valence-electron chi connectivity index (χ3n) is 3.00. The van der Waals surface area contributed by atoms with Crippen LogP contribution in [-0.4, -0.2) is 36.6 Å². The van der Waals surface area contributed by atoms with E-state index in [-0.39, 0.29) is 5.84 Å². The van der Waals surface area contributed by atoms with Crippen LogP contribution in [0.3, 0.4) is 0 Å². The predicted molar refractivity (Wildman–Crippen MR) is 67.5 cm³/mol. The minimum Gasteiger partial charge on any atom is -0.382 e. The third-order valence-corrected chi connectivity index (χ3v) is 3.00. The summed E-state index contributed by atoms with van der Waals surface area (Å²) in [7, 11) is 0. The van der Waals surface area contributed by atoms with Gasteiger partial charge in [-0.3, -0.25) is 5.41 Å². The lowest BCUT2D eigenvalue weighted by Crippen LogP contribution is -2.45. The number of aromatic nitrogens is 1. The van der Waals surface area contributed by atoms with Crippen molar-refractivity contribution < 1.29 is 4.74 Å². The Kier molecular flexibility index (Phi) is 3.58. The van der Waals surface area contributed by atoms with Gasteiger partial charge in [0.25, 0.3) is 0 Å². The van der Waals surface area contributed by atoms with Gasteiger partial charge in [-0.1, -0.05) is 13.0 Å². The molecule has 0 bridgehead atoms.